The lowest BCUT2D eigenvalue weighted by Crippen LogP contribution is -2.43. The second kappa shape index (κ2) is 8.85. The van der Waals surface area contributed by atoms with Gasteiger partial charge in [-0.3, -0.25) is 4.79 Å². The summed E-state index contributed by atoms with van der Waals surface area (Å²) in [5, 5.41) is 2.73. The summed E-state index contributed by atoms with van der Waals surface area (Å²) in [7, 11) is 3.09. The van der Waals surface area contributed by atoms with E-state index in [-0.39, 0.29) is 12.5 Å². The van der Waals surface area contributed by atoms with Crippen LogP contribution in [0.3, 0.4) is 0 Å². The summed E-state index contributed by atoms with van der Waals surface area (Å²) < 4.78 is 15.6. The van der Waals surface area contributed by atoms with Gasteiger partial charge in [0.15, 0.2) is 0 Å². The molecule has 1 aromatic carbocycles. The molecule has 1 atom stereocenters. The number of carbonyl (C=O) groups is 1. The number of carbonyl (C=O) groups excluding carboxylic acids is 1. The van der Waals surface area contributed by atoms with E-state index in [0.717, 1.165) is 5.56 Å². The van der Waals surface area contributed by atoms with Crippen molar-refractivity contribution in [2.24, 2.45) is 5.73 Å². The van der Waals surface area contributed by atoms with E-state index >= 15 is 0 Å². The molecule has 0 bridgehead atoms. The van der Waals surface area contributed by atoms with E-state index in [1.165, 1.54) is 7.11 Å². The van der Waals surface area contributed by atoms with E-state index in [0.29, 0.717) is 23.9 Å². The van der Waals surface area contributed by atoms with E-state index in [1.54, 1.807) is 25.4 Å². The molecule has 1 aromatic heterocycles. The molecule has 0 fully saturated rings. The summed E-state index contributed by atoms with van der Waals surface area (Å²) in [4.78, 5) is 15.9. The highest BCUT2D eigenvalue weighted by molar-refractivity contribution is 5.81. The number of pyridine rings is 1. The zero-order chi connectivity index (χ0) is 17.4. The second-order valence-electron chi connectivity index (χ2n) is 5.07. The first kappa shape index (κ1) is 17.7. The average molecular weight is 331 g/mol. The Hall–Kier alpha value is -2.64. The van der Waals surface area contributed by atoms with Crippen LogP contribution in [0.4, 0.5) is 0 Å². The topological polar surface area (TPSA) is 95.7 Å². The molecule has 1 unspecified atom stereocenters. The third kappa shape index (κ3) is 5.22. The van der Waals surface area contributed by atoms with Crippen LogP contribution < -0.4 is 20.5 Å². The van der Waals surface area contributed by atoms with Crippen LogP contribution in [0.25, 0.3) is 0 Å². The van der Waals surface area contributed by atoms with Crippen molar-refractivity contribution in [3.8, 4) is 17.4 Å². The van der Waals surface area contributed by atoms with Gasteiger partial charge in [0.1, 0.15) is 17.5 Å². The second-order valence-corrected chi connectivity index (χ2v) is 5.07. The molecule has 0 saturated carbocycles. The third-order valence-corrected chi connectivity index (χ3v) is 3.21. The van der Waals surface area contributed by atoms with Crippen molar-refractivity contribution in [3.05, 3.63) is 48.2 Å². The van der Waals surface area contributed by atoms with E-state index in [1.807, 2.05) is 24.3 Å². The fourth-order valence-electron chi connectivity index (χ4n) is 1.94. The highest BCUT2D eigenvalue weighted by Gasteiger charge is 2.12. The number of ether oxygens (including phenoxy) is 3. The summed E-state index contributed by atoms with van der Waals surface area (Å²) in [5.74, 6) is 1.52. The highest BCUT2D eigenvalue weighted by Crippen LogP contribution is 2.23. The van der Waals surface area contributed by atoms with Crippen molar-refractivity contribution in [1.82, 2.24) is 10.3 Å². The van der Waals surface area contributed by atoms with Gasteiger partial charge < -0.3 is 25.3 Å². The molecule has 0 aliphatic carbocycles. The molecule has 2 rings (SSSR count). The van der Waals surface area contributed by atoms with Crippen LogP contribution in [0, 0.1) is 0 Å². The molecule has 0 spiro atoms. The van der Waals surface area contributed by atoms with Gasteiger partial charge in [0.05, 0.1) is 13.7 Å². The minimum atomic E-state index is -0.682. The van der Waals surface area contributed by atoms with Crippen molar-refractivity contribution in [2.75, 3.05) is 20.8 Å². The summed E-state index contributed by atoms with van der Waals surface area (Å²) in [6, 6.07) is 10.1. The Morgan fingerprint density at radius 1 is 1.25 bits per heavy atom. The third-order valence-electron chi connectivity index (χ3n) is 3.21. The molecular weight excluding hydrogens is 310 g/mol. The number of nitrogens with zero attached hydrogens (tertiary/aromatic N) is 1. The number of benzene rings is 1. The zero-order valence-corrected chi connectivity index (χ0v) is 13.7. The summed E-state index contributed by atoms with van der Waals surface area (Å²) in [6.45, 7) is 0.514. The summed E-state index contributed by atoms with van der Waals surface area (Å²) in [5.41, 5.74) is 6.48. The molecule has 1 amide bonds. The highest BCUT2D eigenvalue weighted by atomic mass is 16.5. The Morgan fingerprint density at radius 2 is 2.04 bits per heavy atom. The molecule has 128 valence electrons. The number of nitrogens with two attached hydrogens (primary N) is 1. The van der Waals surface area contributed by atoms with Crippen LogP contribution in [-0.2, 0) is 16.1 Å². The lowest BCUT2D eigenvalue weighted by Gasteiger charge is -2.11. The largest absolute Gasteiger partial charge is 0.497 e. The Labute approximate surface area is 140 Å². The standard InChI is InChI=1S/C17H21N3O4/c1-22-11-15(18)17(21)20-10-12-6-7-16(19-9-12)24-14-5-3-4-13(8-14)23-2/h3-9,15H,10-11,18H2,1-2H3,(H,20,21). The molecule has 3 N–H and O–H groups in total. The SMILES string of the molecule is COCC(N)C(=O)NCc1ccc(Oc2cccc(OC)c2)nc1. The van der Waals surface area contributed by atoms with Gasteiger partial charge in [-0.1, -0.05) is 12.1 Å². The molecular formula is C17H21N3O4. The van der Waals surface area contributed by atoms with Crippen LogP contribution in [0.2, 0.25) is 0 Å². The fraction of sp³-hybridized carbons (Fsp3) is 0.294. The average Bonchev–Trinajstić information content (AvgIpc) is 2.61. The Bertz CT molecular complexity index is 661. The molecule has 2 aromatic rings. The molecule has 0 aliphatic heterocycles. The number of amides is 1. The van der Waals surface area contributed by atoms with E-state index in [4.69, 9.17) is 19.9 Å². The molecule has 7 nitrogen and oxygen atoms in total. The first-order chi connectivity index (χ1) is 11.6. The lowest BCUT2D eigenvalue weighted by molar-refractivity contribution is -0.123. The maximum atomic E-state index is 11.7. The maximum Gasteiger partial charge on any atom is 0.239 e. The van der Waals surface area contributed by atoms with E-state index in [2.05, 4.69) is 10.3 Å². The normalized spacial score (nSPS) is 11.6. The lowest BCUT2D eigenvalue weighted by atomic mass is 10.2. The summed E-state index contributed by atoms with van der Waals surface area (Å²) >= 11 is 0. The number of methoxy groups -OCH3 is 2. The smallest absolute Gasteiger partial charge is 0.239 e. The number of hydrogen-bond acceptors (Lipinski definition) is 6. The monoisotopic (exact) mass is 331 g/mol. The van der Waals surface area contributed by atoms with Crippen LogP contribution in [-0.4, -0.2) is 37.8 Å². The van der Waals surface area contributed by atoms with Gasteiger partial charge >= 0.3 is 0 Å². The Kier molecular flexibility index (Phi) is 6.53. The predicted molar refractivity (Wildman–Crippen MR) is 89.0 cm³/mol. The van der Waals surface area contributed by atoms with Crippen molar-refractivity contribution >= 4 is 5.91 Å². The van der Waals surface area contributed by atoms with Gasteiger partial charge in [0.2, 0.25) is 11.8 Å². The van der Waals surface area contributed by atoms with Gasteiger partial charge in [0.25, 0.3) is 0 Å². The maximum absolute atomic E-state index is 11.7. The number of aromatic nitrogens is 1. The van der Waals surface area contributed by atoms with Gasteiger partial charge in [-0.05, 0) is 17.7 Å². The van der Waals surface area contributed by atoms with Crippen LogP contribution in [0.15, 0.2) is 42.6 Å². The van der Waals surface area contributed by atoms with Gasteiger partial charge in [-0.2, -0.15) is 0 Å². The van der Waals surface area contributed by atoms with Gasteiger partial charge in [-0.15, -0.1) is 0 Å². The van der Waals surface area contributed by atoms with Crippen LogP contribution in [0.1, 0.15) is 5.56 Å². The first-order valence-corrected chi connectivity index (χ1v) is 7.41. The Balaban J connectivity index is 1.89. The number of rotatable bonds is 8. The zero-order valence-electron chi connectivity index (χ0n) is 13.7. The van der Waals surface area contributed by atoms with Crippen molar-refractivity contribution in [3.63, 3.8) is 0 Å². The van der Waals surface area contributed by atoms with E-state index < -0.39 is 6.04 Å². The van der Waals surface area contributed by atoms with E-state index in [9.17, 15) is 4.79 Å². The molecule has 24 heavy (non-hydrogen) atoms. The van der Waals surface area contributed by atoms with Crippen molar-refractivity contribution < 1.29 is 19.0 Å². The molecule has 0 saturated heterocycles. The first-order valence-electron chi connectivity index (χ1n) is 7.41. The van der Waals surface area contributed by atoms with Gasteiger partial charge in [0, 0.05) is 32.0 Å². The molecule has 0 aliphatic rings. The number of nitrogens with one attached hydrogen (secondary N) is 1. The summed E-state index contributed by atoms with van der Waals surface area (Å²) in [6.07, 6.45) is 1.64. The van der Waals surface area contributed by atoms with Crippen molar-refractivity contribution in [2.45, 2.75) is 12.6 Å². The minimum absolute atomic E-state index is 0.178. The number of hydrogen-bond donors (Lipinski definition) is 2. The molecule has 7 heteroatoms. The van der Waals surface area contributed by atoms with Gasteiger partial charge in [-0.25, -0.2) is 4.98 Å². The fourth-order valence-corrected chi connectivity index (χ4v) is 1.94. The quantitative estimate of drug-likeness (QED) is 0.760. The Morgan fingerprint density at radius 3 is 2.71 bits per heavy atom. The molecule has 1 heterocycles. The minimum Gasteiger partial charge on any atom is -0.497 e. The van der Waals surface area contributed by atoms with Crippen molar-refractivity contribution in [1.29, 1.82) is 0 Å². The van der Waals surface area contributed by atoms with Crippen LogP contribution >= 0.6 is 0 Å². The predicted octanol–water partition coefficient (Wildman–Crippen LogP) is 1.47. The molecule has 0 radical (unpaired) electrons. The van der Waals surface area contributed by atoms with Crippen LogP contribution in [0.5, 0.6) is 17.4 Å².